The van der Waals surface area contributed by atoms with Gasteiger partial charge < -0.3 is 24.1 Å². The van der Waals surface area contributed by atoms with Crippen molar-refractivity contribution < 1.29 is 87.8 Å². The molecule has 0 radical (unpaired) electrons. The van der Waals surface area contributed by atoms with Gasteiger partial charge in [-0.25, -0.2) is 0 Å². The molecule has 0 amide bonds. The van der Waals surface area contributed by atoms with Crippen molar-refractivity contribution in [3.05, 3.63) is 0 Å². The smallest absolute Gasteiger partial charge is 0.810 e. The van der Waals surface area contributed by atoms with Crippen molar-refractivity contribution in [2.75, 3.05) is 12.6 Å². The number of hydrogen-bond donors (Lipinski definition) is 2. The Morgan fingerprint density at radius 2 is 1.50 bits per heavy atom. The fourth-order valence-corrected chi connectivity index (χ4v) is 2.76. The molecule has 0 heterocycles. The first kappa shape index (κ1) is 23.4. The maximum Gasteiger partial charge on any atom is 1.00 e. The Morgan fingerprint density at radius 3 is 1.69 bits per heavy atom. The summed E-state index contributed by atoms with van der Waals surface area (Å²) in [6.45, 7) is 3.09. The van der Waals surface area contributed by atoms with E-state index in [2.05, 4.69) is 0 Å². The van der Waals surface area contributed by atoms with Gasteiger partial charge in [-0.05, 0) is 13.8 Å². The minimum atomic E-state index is -4.78. The van der Waals surface area contributed by atoms with Gasteiger partial charge in [0.1, 0.15) is 6.29 Å². The van der Waals surface area contributed by atoms with E-state index in [0.717, 1.165) is 4.90 Å². The maximum atomic E-state index is 10.6. The van der Waals surface area contributed by atoms with Crippen molar-refractivity contribution in [2.45, 2.75) is 19.9 Å². The summed E-state index contributed by atoms with van der Waals surface area (Å²) >= 11 is 0. The van der Waals surface area contributed by atoms with Crippen LogP contribution in [0.3, 0.4) is 0 Å². The minimum absolute atomic E-state index is 0. The Balaban J connectivity index is -0.000000845. The number of rotatable bonds is 5. The number of hydrogen-bond acceptors (Lipinski definition) is 5. The van der Waals surface area contributed by atoms with Crippen LogP contribution < -0.4 is 68.9 Å². The summed E-state index contributed by atoms with van der Waals surface area (Å²) in [6.07, 6.45) is -1.59. The fourth-order valence-electron chi connectivity index (χ4n) is 0.830. The molecule has 16 heavy (non-hydrogen) atoms. The van der Waals surface area contributed by atoms with E-state index < -0.39 is 33.8 Å². The van der Waals surface area contributed by atoms with Crippen LogP contribution in [0.15, 0.2) is 0 Å². The third-order valence-electron chi connectivity index (χ3n) is 1.45. The first-order chi connectivity index (χ1) is 6.01. The third-order valence-corrected chi connectivity index (χ3v) is 2.89. The summed E-state index contributed by atoms with van der Waals surface area (Å²) < 4.78 is 21.0. The van der Waals surface area contributed by atoms with Crippen LogP contribution in [-0.2, 0) is 9.13 Å². The van der Waals surface area contributed by atoms with Gasteiger partial charge in [0.25, 0.3) is 0 Å². The van der Waals surface area contributed by atoms with Gasteiger partial charge >= 0.3 is 66.7 Å². The van der Waals surface area contributed by atoms with E-state index in [1.54, 1.807) is 13.8 Å². The molecule has 11 heteroatoms. The van der Waals surface area contributed by atoms with Gasteiger partial charge in [0.15, 0.2) is 0 Å². The predicted molar refractivity (Wildman–Crippen MR) is 46.4 cm³/mol. The second-order valence-electron chi connectivity index (χ2n) is 3.24. The quantitative estimate of drug-likeness (QED) is 0.381. The molecule has 0 aliphatic rings. The molecular weight excluding hydrogens is 278 g/mol. The Labute approximate surface area is 139 Å². The van der Waals surface area contributed by atoms with E-state index in [1.165, 1.54) is 0 Å². The van der Waals surface area contributed by atoms with Crippen molar-refractivity contribution >= 4 is 15.2 Å². The van der Waals surface area contributed by atoms with Crippen LogP contribution in [0.25, 0.3) is 0 Å². The van der Waals surface area contributed by atoms with Crippen LogP contribution in [0.5, 0.6) is 0 Å². The van der Waals surface area contributed by atoms with Gasteiger partial charge in [-0.3, -0.25) is 9.46 Å². The summed E-state index contributed by atoms with van der Waals surface area (Å²) in [5, 5.41) is 0. The van der Waals surface area contributed by atoms with Gasteiger partial charge in [0.2, 0.25) is 0 Å². The zero-order chi connectivity index (χ0) is 11.6. The molecular formula is C5H13NNa2O6P2. The Kier molecular flexibility index (Phi) is 13.4. The third kappa shape index (κ3) is 14.3. The van der Waals surface area contributed by atoms with Crippen LogP contribution >= 0.6 is 15.2 Å². The molecule has 0 atom stereocenters. The van der Waals surface area contributed by atoms with Crippen LogP contribution in [0, 0.1) is 0 Å². The first-order valence-corrected chi connectivity index (χ1v) is 7.33. The average Bonchev–Trinajstić information content (AvgIpc) is 1.78. The van der Waals surface area contributed by atoms with Crippen LogP contribution in [-0.4, -0.2) is 33.3 Å². The molecule has 0 bridgehead atoms. The molecule has 0 aromatic rings. The average molecular weight is 291 g/mol. The first-order valence-electron chi connectivity index (χ1n) is 3.81. The zero-order valence-electron chi connectivity index (χ0n) is 9.86. The van der Waals surface area contributed by atoms with Crippen LogP contribution in [0.2, 0.25) is 0 Å². The zero-order valence-corrected chi connectivity index (χ0v) is 15.6. The fraction of sp³-hybridized carbons (Fsp3) is 1.00. The van der Waals surface area contributed by atoms with E-state index in [9.17, 15) is 18.9 Å². The molecule has 86 valence electrons. The second kappa shape index (κ2) is 9.21. The second-order valence-corrected chi connectivity index (χ2v) is 6.36. The molecule has 0 aliphatic carbocycles. The molecule has 0 saturated carbocycles. The summed E-state index contributed by atoms with van der Waals surface area (Å²) in [5.41, 5.74) is 0. The number of nitrogens with zero attached hydrogens (tertiary/aromatic N) is 1. The Morgan fingerprint density at radius 1 is 1.12 bits per heavy atom. The van der Waals surface area contributed by atoms with E-state index in [-0.39, 0.29) is 59.1 Å². The molecule has 0 aliphatic heterocycles. The predicted octanol–water partition coefficient (Wildman–Crippen LogP) is -7.29. The largest absolute Gasteiger partial charge is 1.00 e. The molecule has 0 aromatic carbocycles. The molecule has 2 N–H and O–H groups in total. The standard InChI is InChI=1S/C5H15NO6P2.2Na/c1-5(2)6(3-13(7,8)9)4-14(10,11)12;;/h5H,3-4H2,1-2H3,(H2,7,8,9)(H2,10,11,12);;/q;2*+1/p-2. The van der Waals surface area contributed by atoms with Crippen molar-refractivity contribution in [1.82, 2.24) is 4.90 Å². The molecule has 0 unspecified atom stereocenters. The van der Waals surface area contributed by atoms with E-state index >= 15 is 0 Å². The van der Waals surface area contributed by atoms with Gasteiger partial charge in [0.05, 0.1) is 0 Å². The van der Waals surface area contributed by atoms with Gasteiger partial charge in [0, 0.05) is 12.3 Å². The molecule has 0 rings (SSSR count). The summed E-state index contributed by atoms with van der Waals surface area (Å²) in [5.74, 6) is 0. The van der Waals surface area contributed by atoms with Crippen molar-refractivity contribution in [3.63, 3.8) is 0 Å². The summed E-state index contributed by atoms with van der Waals surface area (Å²) in [6, 6.07) is -0.418. The Hall–Kier alpha value is 2.26. The van der Waals surface area contributed by atoms with Crippen molar-refractivity contribution in [1.29, 1.82) is 0 Å². The molecule has 0 fully saturated rings. The monoisotopic (exact) mass is 291 g/mol. The van der Waals surface area contributed by atoms with Gasteiger partial charge in [-0.1, -0.05) is 7.60 Å². The van der Waals surface area contributed by atoms with Crippen molar-refractivity contribution in [2.24, 2.45) is 0 Å². The maximum absolute atomic E-state index is 10.6. The van der Waals surface area contributed by atoms with E-state index in [0.29, 0.717) is 0 Å². The molecule has 7 nitrogen and oxygen atoms in total. The summed E-state index contributed by atoms with van der Waals surface area (Å²) in [7, 11) is -9.11. The molecule has 0 saturated heterocycles. The van der Waals surface area contributed by atoms with Crippen LogP contribution in [0.4, 0.5) is 0 Å². The van der Waals surface area contributed by atoms with E-state index in [4.69, 9.17) is 9.79 Å². The SMILES string of the molecule is CC(C)N(CP(=O)([O-])[O-])CP(=O)(O)O.[Na+].[Na+]. The molecule has 0 aromatic heterocycles. The van der Waals surface area contributed by atoms with Gasteiger partial charge in [-0.2, -0.15) is 0 Å². The van der Waals surface area contributed by atoms with Crippen LogP contribution in [0.1, 0.15) is 13.8 Å². The topological polar surface area (TPSA) is 124 Å². The van der Waals surface area contributed by atoms with Crippen molar-refractivity contribution in [3.8, 4) is 0 Å². The Bertz CT molecular complexity index is 252. The van der Waals surface area contributed by atoms with E-state index in [1.807, 2.05) is 0 Å². The molecule has 0 spiro atoms. The minimum Gasteiger partial charge on any atom is -0.810 e. The summed E-state index contributed by atoms with van der Waals surface area (Å²) in [4.78, 5) is 39.0. The van der Waals surface area contributed by atoms with Gasteiger partial charge in [-0.15, -0.1) is 0 Å². The normalized spacial score (nSPS) is 12.2.